The fourth-order valence-corrected chi connectivity index (χ4v) is 7.42. The number of pyridine rings is 2. The monoisotopic (exact) mass is 748 g/mol. The predicted molar refractivity (Wildman–Crippen MR) is 192 cm³/mol. The Hall–Kier alpha value is -3.66. The molecule has 6 rings (SSSR count). The Bertz CT molecular complexity index is 1580. The summed E-state index contributed by atoms with van der Waals surface area (Å²) in [6, 6.07) is 7.38. The van der Waals surface area contributed by atoms with Crippen LogP contribution in [0.25, 0.3) is 0 Å². The topological polar surface area (TPSA) is 203 Å². The van der Waals surface area contributed by atoms with Crippen LogP contribution in [0.3, 0.4) is 0 Å². The summed E-state index contributed by atoms with van der Waals surface area (Å²) in [6.45, 7) is 14.3. The number of nitrogens with one attached hydrogen (secondary N) is 2. The van der Waals surface area contributed by atoms with E-state index in [0.717, 1.165) is 70.5 Å². The minimum Gasteiger partial charge on any atom is -0.870 e. The van der Waals surface area contributed by atoms with Crippen LogP contribution in [0, 0.1) is 10.8 Å². The van der Waals surface area contributed by atoms with Gasteiger partial charge in [0.25, 0.3) is 0 Å². The van der Waals surface area contributed by atoms with Gasteiger partial charge in [-0.15, -0.1) is 0 Å². The Morgan fingerprint density at radius 2 is 1.13 bits per heavy atom. The van der Waals surface area contributed by atoms with Gasteiger partial charge in [-0.3, -0.25) is 0 Å². The summed E-state index contributed by atoms with van der Waals surface area (Å²) in [5.41, 5.74) is 0.0604. The summed E-state index contributed by atoms with van der Waals surface area (Å²) >= 11 is 0. The number of aromatic carboxylic acids is 1. The van der Waals surface area contributed by atoms with Gasteiger partial charge in [0.2, 0.25) is 0 Å². The van der Waals surface area contributed by atoms with E-state index in [9.17, 15) is 19.2 Å². The van der Waals surface area contributed by atoms with Crippen LogP contribution in [-0.2, 0) is 14.2 Å². The van der Waals surface area contributed by atoms with E-state index in [1.165, 1.54) is 19.5 Å². The van der Waals surface area contributed by atoms with E-state index in [1.807, 2.05) is 46.4 Å². The SMILES string of the molecule is CC(C)(C)OC(=O)N1CCC2(CC(Nc3ccc(C(=O)O)cn3)C2)C1.COC(=O)c1ccc(NC2CC3(CCN(C(=O)OC(C)(C)C)C3)C2)nc1.[Na+].[OH-]. The average molecular weight is 749 g/mol. The molecule has 16 heteroatoms. The number of carboxylic acids is 1. The van der Waals surface area contributed by atoms with Crippen molar-refractivity contribution in [2.45, 2.75) is 103 Å². The average Bonchev–Trinajstić information content (AvgIpc) is 3.66. The molecule has 286 valence electrons. The first-order valence-electron chi connectivity index (χ1n) is 17.6. The second-order valence-corrected chi connectivity index (χ2v) is 16.5. The summed E-state index contributed by atoms with van der Waals surface area (Å²) in [5, 5.41) is 15.6. The quantitative estimate of drug-likeness (QED) is 0.221. The Kier molecular flexibility index (Phi) is 14.2. The normalized spacial score (nSPS) is 24.3. The zero-order valence-corrected chi connectivity index (χ0v) is 34.2. The molecule has 2 aliphatic carbocycles. The molecule has 15 nitrogen and oxygen atoms in total. The van der Waals surface area contributed by atoms with Gasteiger partial charge in [-0.05, 0) is 115 Å². The maximum Gasteiger partial charge on any atom is 1.00 e. The van der Waals surface area contributed by atoms with Crippen LogP contribution in [0.15, 0.2) is 36.7 Å². The van der Waals surface area contributed by atoms with Gasteiger partial charge in [0, 0.05) is 50.7 Å². The number of aromatic nitrogens is 2. The summed E-state index contributed by atoms with van der Waals surface area (Å²) in [7, 11) is 1.35. The fourth-order valence-electron chi connectivity index (χ4n) is 7.42. The number of amides is 2. The van der Waals surface area contributed by atoms with Gasteiger partial charge >= 0.3 is 53.7 Å². The number of anilines is 2. The first-order chi connectivity index (χ1) is 23.9. The minimum absolute atomic E-state index is 0. The van der Waals surface area contributed by atoms with Gasteiger partial charge in [-0.25, -0.2) is 29.1 Å². The molecule has 2 aliphatic heterocycles. The van der Waals surface area contributed by atoms with Crippen molar-refractivity contribution in [3.05, 3.63) is 47.8 Å². The summed E-state index contributed by atoms with van der Waals surface area (Å²) in [5.74, 6) is 0.0704. The number of carboxylic acid groups (broad SMARTS) is 1. The molecule has 4 N–H and O–H groups in total. The zero-order chi connectivity index (χ0) is 37.2. The van der Waals surface area contributed by atoms with Gasteiger partial charge in [0.15, 0.2) is 0 Å². The molecule has 53 heavy (non-hydrogen) atoms. The second-order valence-electron chi connectivity index (χ2n) is 16.5. The first kappa shape index (κ1) is 43.7. The molecule has 4 heterocycles. The van der Waals surface area contributed by atoms with Crippen LogP contribution in [0.2, 0.25) is 0 Å². The smallest absolute Gasteiger partial charge is 0.870 e. The summed E-state index contributed by atoms with van der Waals surface area (Å²) in [6.07, 6.45) is 8.41. The molecule has 0 bridgehead atoms. The third-order valence-electron chi connectivity index (χ3n) is 9.80. The standard InChI is InChI=1S/C19H27N3O4.C18H25N3O4.Na.H2O/c1-18(2,3)26-17(24)22-8-7-19(12-22)9-14(10-19)21-15-6-5-13(11-20-15)16(23)25-4;1-17(2,3)25-16(24)21-7-6-18(11-21)8-13(9-18)20-14-5-4-12(10-19-14)15(22)23;;/h5-6,11,14H,7-10,12H2,1-4H3,(H,20,21);4-5,10,13H,6-9,11H2,1-3H3,(H,19,20)(H,22,23);;1H2/q;;+1;/p-1. The number of carbonyl (C=O) groups excluding carboxylic acids is 3. The van der Waals surface area contributed by atoms with Crippen LogP contribution in [0.1, 0.15) is 101 Å². The first-order valence-corrected chi connectivity index (χ1v) is 17.6. The number of nitrogens with zero attached hydrogens (tertiary/aromatic N) is 4. The van der Waals surface area contributed by atoms with Crippen molar-refractivity contribution in [1.29, 1.82) is 0 Å². The third kappa shape index (κ3) is 11.7. The number of hydrogen-bond donors (Lipinski definition) is 3. The van der Waals surface area contributed by atoms with Crippen molar-refractivity contribution in [3.8, 4) is 0 Å². The fraction of sp³-hybridized carbons (Fsp3) is 0.622. The van der Waals surface area contributed by atoms with Crippen LogP contribution in [0.4, 0.5) is 21.2 Å². The Balaban J connectivity index is 0.000000275. The maximum atomic E-state index is 12.2. The molecule has 4 fully saturated rings. The second kappa shape index (κ2) is 17.2. The molecule has 2 aromatic rings. The van der Waals surface area contributed by atoms with Gasteiger partial charge in [0.1, 0.15) is 22.8 Å². The number of likely N-dealkylation sites (tertiary alicyclic amines) is 2. The summed E-state index contributed by atoms with van der Waals surface area (Å²) < 4.78 is 15.6. The molecule has 0 aromatic carbocycles. The van der Waals surface area contributed by atoms with Crippen LogP contribution < -0.4 is 40.2 Å². The zero-order valence-electron chi connectivity index (χ0n) is 32.2. The maximum absolute atomic E-state index is 12.2. The molecule has 2 saturated heterocycles. The predicted octanol–water partition coefficient (Wildman–Crippen LogP) is 2.88. The molecule has 0 radical (unpaired) electrons. The molecular weight excluding hydrogens is 695 g/mol. The molecule has 0 atom stereocenters. The molecule has 2 aromatic heterocycles. The van der Waals surface area contributed by atoms with Crippen molar-refractivity contribution in [1.82, 2.24) is 19.8 Å². The van der Waals surface area contributed by atoms with Crippen molar-refractivity contribution < 1.29 is 73.5 Å². The van der Waals surface area contributed by atoms with Gasteiger partial charge in [-0.2, -0.15) is 0 Å². The third-order valence-corrected chi connectivity index (χ3v) is 9.80. The largest absolute Gasteiger partial charge is 1.00 e. The number of carbonyl (C=O) groups is 4. The van der Waals surface area contributed by atoms with Gasteiger partial charge in [0.05, 0.1) is 18.2 Å². The number of methoxy groups -OCH3 is 1. The van der Waals surface area contributed by atoms with E-state index in [0.29, 0.717) is 23.5 Å². The molecule has 2 amide bonds. The van der Waals surface area contributed by atoms with E-state index in [-0.39, 0.29) is 69.6 Å². The van der Waals surface area contributed by atoms with E-state index < -0.39 is 17.2 Å². The minimum atomic E-state index is -0.977. The van der Waals surface area contributed by atoms with E-state index >= 15 is 0 Å². The van der Waals surface area contributed by atoms with Crippen molar-refractivity contribution in [2.75, 3.05) is 43.9 Å². The molecule has 4 aliphatic rings. The number of hydrogen-bond acceptors (Lipinski definition) is 12. The van der Waals surface area contributed by atoms with E-state index in [2.05, 4.69) is 25.3 Å². The molecule has 2 spiro atoms. The molecular formula is C37H53N6NaO9. The van der Waals surface area contributed by atoms with Crippen LogP contribution in [0.5, 0.6) is 0 Å². The molecule has 0 unspecified atom stereocenters. The number of rotatable bonds is 6. The number of ether oxygens (including phenoxy) is 3. The van der Waals surface area contributed by atoms with Crippen molar-refractivity contribution >= 4 is 35.8 Å². The van der Waals surface area contributed by atoms with Crippen molar-refractivity contribution in [2.24, 2.45) is 10.8 Å². The van der Waals surface area contributed by atoms with E-state index in [4.69, 9.17) is 14.6 Å². The molecule has 2 saturated carbocycles. The van der Waals surface area contributed by atoms with Crippen LogP contribution >= 0.6 is 0 Å². The Morgan fingerprint density at radius 1 is 0.736 bits per heavy atom. The van der Waals surface area contributed by atoms with Crippen molar-refractivity contribution in [3.63, 3.8) is 0 Å². The summed E-state index contributed by atoms with van der Waals surface area (Å²) in [4.78, 5) is 58.7. The van der Waals surface area contributed by atoms with Gasteiger partial charge in [-0.1, -0.05) is 0 Å². The Morgan fingerprint density at radius 3 is 1.45 bits per heavy atom. The van der Waals surface area contributed by atoms with Gasteiger partial charge < -0.3 is 45.2 Å². The van der Waals surface area contributed by atoms with Crippen LogP contribution in [-0.4, -0.2) is 111 Å². The van der Waals surface area contributed by atoms with E-state index in [1.54, 1.807) is 29.2 Å². The number of esters is 1. The Labute approximate surface area is 333 Å².